The zero-order valence-electron chi connectivity index (χ0n) is 13.1. The standard InChI is InChI=1S/C17H18FN3O2S/c1-12-3-2-4-14(11-12)19-17(23)21-20-16(22)9-10-24-15-7-5-13(18)6-8-15/h2-8,11H,9-10H2,1H3,(H,20,22)(H2,19,21,23). The molecule has 0 heterocycles. The van der Waals surface area contributed by atoms with Crippen molar-refractivity contribution < 1.29 is 14.0 Å². The molecule has 2 aromatic rings. The van der Waals surface area contributed by atoms with E-state index in [4.69, 9.17) is 0 Å². The van der Waals surface area contributed by atoms with Crippen LogP contribution in [0, 0.1) is 12.7 Å². The predicted octanol–water partition coefficient (Wildman–Crippen LogP) is 3.47. The SMILES string of the molecule is Cc1cccc(NC(=O)NNC(=O)CCSc2ccc(F)cc2)c1. The Balaban J connectivity index is 1.65. The van der Waals surface area contributed by atoms with Gasteiger partial charge in [-0.1, -0.05) is 12.1 Å². The second-order valence-corrected chi connectivity index (χ2v) is 6.22. The van der Waals surface area contributed by atoms with Crippen LogP contribution in [-0.2, 0) is 4.79 Å². The molecule has 0 atom stereocenters. The first kappa shape index (κ1) is 17.8. The van der Waals surface area contributed by atoms with Gasteiger partial charge in [-0.2, -0.15) is 0 Å². The summed E-state index contributed by atoms with van der Waals surface area (Å²) in [4.78, 5) is 24.2. The minimum absolute atomic E-state index is 0.229. The Labute approximate surface area is 144 Å². The Morgan fingerprint density at radius 1 is 1.08 bits per heavy atom. The van der Waals surface area contributed by atoms with Gasteiger partial charge in [-0.25, -0.2) is 14.6 Å². The van der Waals surface area contributed by atoms with E-state index in [-0.39, 0.29) is 18.1 Å². The van der Waals surface area contributed by atoms with Gasteiger partial charge in [-0.05, 0) is 48.9 Å². The molecule has 0 saturated carbocycles. The van der Waals surface area contributed by atoms with E-state index >= 15 is 0 Å². The Morgan fingerprint density at radius 3 is 2.54 bits per heavy atom. The van der Waals surface area contributed by atoms with Gasteiger partial charge in [-0.3, -0.25) is 10.2 Å². The number of thioether (sulfide) groups is 1. The van der Waals surface area contributed by atoms with Crippen LogP contribution in [-0.4, -0.2) is 17.7 Å². The van der Waals surface area contributed by atoms with Gasteiger partial charge in [-0.15, -0.1) is 11.8 Å². The van der Waals surface area contributed by atoms with Crippen molar-refractivity contribution in [3.63, 3.8) is 0 Å². The van der Waals surface area contributed by atoms with Crippen molar-refractivity contribution in [2.24, 2.45) is 0 Å². The zero-order chi connectivity index (χ0) is 17.4. The summed E-state index contributed by atoms with van der Waals surface area (Å²) < 4.78 is 12.8. The van der Waals surface area contributed by atoms with Crippen molar-refractivity contribution in [3.05, 3.63) is 59.9 Å². The van der Waals surface area contributed by atoms with Crippen molar-refractivity contribution in [2.45, 2.75) is 18.2 Å². The second-order valence-electron chi connectivity index (χ2n) is 5.05. The third-order valence-electron chi connectivity index (χ3n) is 3.00. The van der Waals surface area contributed by atoms with Crippen LogP contribution in [0.15, 0.2) is 53.4 Å². The van der Waals surface area contributed by atoms with E-state index in [1.165, 1.54) is 23.9 Å². The van der Waals surface area contributed by atoms with Crippen LogP contribution in [0.4, 0.5) is 14.9 Å². The molecule has 126 valence electrons. The quantitative estimate of drug-likeness (QED) is 0.573. The highest BCUT2D eigenvalue weighted by molar-refractivity contribution is 7.99. The highest BCUT2D eigenvalue weighted by atomic mass is 32.2. The summed E-state index contributed by atoms with van der Waals surface area (Å²) in [6.45, 7) is 1.92. The number of urea groups is 1. The lowest BCUT2D eigenvalue weighted by atomic mass is 10.2. The molecule has 0 saturated heterocycles. The maximum atomic E-state index is 12.8. The van der Waals surface area contributed by atoms with Gasteiger partial charge >= 0.3 is 6.03 Å². The van der Waals surface area contributed by atoms with Crippen molar-refractivity contribution >= 4 is 29.4 Å². The average Bonchev–Trinajstić information content (AvgIpc) is 2.55. The minimum atomic E-state index is -0.514. The fourth-order valence-corrected chi connectivity index (χ4v) is 2.72. The summed E-state index contributed by atoms with van der Waals surface area (Å²) >= 11 is 1.44. The molecule has 7 heteroatoms. The third-order valence-corrected chi connectivity index (χ3v) is 4.02. The smallest absolute Gasteiger partial charge is 0.307 e. The summed E-state index contributed by atoms with van der Waals surface area (Å²) in [5, 5.41) is 2.62. The summed E-state index contributed by atoms with van der Waals surface area (Å²) in [6, 6.07) is 12.9. The summed E-state index contributed by atoms with van der Waals surface area (Å²) in [7, 11) is 0. The average molecular weight is 347 g/mol. The Hall–Kier alpha value is -2.54. The molecule has 0 aliphatic heterocycles. The van der Waals surface area contributed by atoms with Crippen LogP contribution in [0.25, 0.3) is 0 Å². The molecule has 0 spiro atoms. The minimum Gasteiger partial charge on any atom is -0.307 e. The van der Waals surface area contributed by atoms with Crippen LogP contribution in [0.1, 0.15) is 12.0 Å². The first-order valence-corrected chi connectivity index (χ1v) is 8.32. The van der Waals surface area contributed by atoms with Gasteiger partial charge in [0.15, 0.2) is 0 Å². The highest BCUT2D eigenvalue weighted by Gasteiger charge is 2.05. The second kappa shape index (κ2) is 8.93. The lowest BCUT2D eigenvalue weighted by molar-refractivity contribution is -0.121. The number of carbonyl (C=O) groups excluding carboxylic acids is 2. The molecule has 24 heavy (non-hydrogen) atoms. The molecule has 0 unspecified atom stereocenters. The summed E-state index contributed by atoms with van der Waals surface area (Å²) in [5.41, 5.74) is 6.31. The molecule has 0 aliphatic rings. The molecule has 0 radical (unpaired) electrons. The number of anilines is 1. The summed E-state index contributed by atoms with van der Waals surface area (Å²) in [5.74, 6) is -0.0662. The van der Waals surface area contributed by atoms with Gasteiger partial charge in [0.25, 0.3) is 0 Å². The highest BCUT2D eigenvalue weighted by Crippen LogP contribution is 2.18. The number of hydrogen-bond acceptors (Lipinski definition) is 3. The largest absolute Gasteiger partial charge is 0.337 e. The Morgan fingerprint density at radius 2 is 1.83 bits per heavy atom. The maximum absolute atomic E-state index is 12.8. The van der Waals surface area contributed by atoms with Gasteiger partial charge in [0.1, 0.15) is 5.82 Å². The van der Waals surface area contributed by atoms with E-state index in [0.717, 1.165) is 10.5 Å². The van der Waals surface area contributed by atoms with Crippen LogP contribution in [0.3, 0.4) is 0 Å². The lowest BCUT2D eigenvalue weighted by Crippen LogP contribution is -2.44. The molecule has 3 amide bonds. The number of benzene rings is 2. The van der Waals surface area contributed by atoms with Gasteiger partial charge in [0.05, 0.1) is 0 Å². The number of halogens is 1. The molecule has 0 bridgehead atoms. The Kier molecular flexibility index (Phi) is 6.62. The molecule has 5 nitrogen and oxygen atoms in total. The maximum Gasteiger partial charge on any atom is 0.337 e. The molecule has 2 aromatic carbocycles. The zero-order valence-corrected chi connectivity index (χ0v) is 14.0. The molecular formula is C17H18FN3O2S. The molecule has 2 rings (SSSR count). The van der Waals surface area contributed by atoms with Gasteiger partial charge in [0.2, 0.25) is 5.91 Å². The molecule has 0 fully saturated rings. The van der Waals surface area contributed by atoms with Gasteiger partial charge in [0, 0.05) is 22.8 Å². The number of nitrogens with one attached hydrogen (secondary N) is 3. The predicted molar refractivity (Wildman–Crippen MR) is 93.2 cm³/mol. The fourth-order valence-electron chi connectivity index (χ4n) is 1.87. The van der Waals surface area contributed by atoms with Crippen LogP contribution in [0.5, 0.6) is 0 Å². The molecular weight excluding hydrogens is 329 g/mol. The summed E-state index contributed by atoms with van der Waals surface area (Å²) in [6.07, 6.45) is 0.229. The third kappa shape index (κ3) is 6.29. The lowest BCUT2D eigenvalue weighted by Gasteiger charge is -2.09. The van der Waals surface area contributed by atoms with Crippen LogP contribution >= 0.6 is 11.8 Å². The van der Waals surface area contributed by atoms with E-state index in [1.54, 1.807) is 18.2 Å². The van der Waals surface area contributed by atoms with Crippen LogP contribution < -0.4 is 16.2 Å². The van der Waals surface area contributed by atoms with Gasteiger partial charge < -0.3 is 5.32 Å². The van der Waals surface area contributed by atoms with E-state index in [2.05, 4.69) is 16.2 Å². The topological polar surface area (TPSA) is 70.2 Å². The van der Waals surface area contributed by atoms with E-state index in [0.29, 0.717) is 11.4 Å². The monoisotopic (exact) mass is 347 g/mol. The van der Waals surface area contributed by atoms with Crippen LogP contribution in [0.2, 0.25) is 0 Å². The number of carbonyl (C=O) groups is 2. The number of hydrazine groups is 1. The normalized spacial score (nSPS) is 10.1. The van der Waals surface area contributed by atoms with Crippen molar-refractivity contribution in [1.82, 2.24) is 10.9 Å². The van der Waals surface area contributed by atoms with E-state index in [1.807, 2.05) is 25.1 Å². The fraction of sp³-hybridized carbons (Fsp3) is 0.176. The van der Waals surface area contributed by atoms with Crippen molar-refractivity contribution in [2.75, 3.05) is 11.1 Å². The van der Waals surface area contributed by atoms with Crippen molar-refractivity contribution in [1.29, 1.82) is 0 Å². The number of aryl methyl sites for hydroxylation is 1. The van der Waals surface area contributed by atoms with E-state index in [9.17, 15) is 14.0 Å². The molecule has 3 N–H and O–H groups in total. The first-order valence-electron chi connectivity index (χ1n) is 7.34. The molecule has 0 aromatic heterocycles. The number of amides is 3. The first-order chi connectivity index (χ1) is 11.5. The van der Waals surface area contributed by atoms with E-state index < -0.39 is 6.03 Å². The number of hydrogen-bond donors (Lipinski definition) is 3. The molecule has 0 aliphatic carbocycles. The Bertz CT molecular complexity index is 707. The van der Waals surface area contributed by atoms with Crippen molar-refractivity contribution in [3.8, 4) is 0 Å². The number of rotatable bonds is 5.